The maximum Gasteiger partial charge on any atom is 0.410 e. The zero-order chi connectivity index (χ0) is 24.6. The summed E-state index contributed by atoms with van der Waals surface area (Å²) in [7, 11) is 1.53. The van der Waals surface area contributed by atoms with Gasteiger partial charge in [0.2, 0.25) is 0 Å². The van der Waals surface area contributed by atoms with Crippen LogP contribution >= 0.6 is 0 Å². The van der Waals surface area contributed by atoms with Gasteiger partial charge in [0.25, 0.3) is 5.91 Å². The van der Waals surface area contributed by atoms with Crippen LogP contribution in [0.25, 0.3) is 10.9 Å². The molecule has 182 valence electrons. The molecular weight excluding hydrogens is 459 g/mol. The molecule has 2 aromatic heterocycles. The Balaban J connectivity index is 1.31. The van der Waals surface area contributed by atoms with Crippen molar-refractivity contribution < 1.29 is 22.7 Å². The second-order valence-electron chi connectivity index (χ2n) is 8.49. The number of halogens is 3. The summed E-state index contributed by atoms with van der Waals surface area (Å²) in [6.45, 7) is 0.327. The smallest absolute Gasteiger partial charge is 0.410 e. The van der Waals surface area contributed by atoms with E-state index < -0.39 is 24.2 Å². The molecule has 7 nitrogen and oxygen atoms in total. The lowest BCUT2D eigenvalue weighted by atomic mass is 9.97. The minimum absolute atomic E-state index is 0.0592. The fraction of sp³-hybridized carbons (Fsp3) is 0.280. The third-order valence-electron chi connectivity index (χ3n) is 6.30. The average molecular weight is 483 g/mol. The van der Waals surface area contributed by atoms with Crippen molar-refractivity contribution in [1.82, 2.24) is 20.1 Å². The van der Waals surface area contributed by atoms with E-state index in [0.29, 0.717) is 24.3 Å². The Morgan fingerprint density at radius 3 is 2.71 bits per heavy atom. The van der Waals surface area contributed by atoms with Crippen molar-refractivity contribution >= 4 is 22.6 Å². The Morgan fingerprint density at radius 2 is 1.97 bits per heavy atom. The number of fused-ring (bicyclic) bond motifs is 2. The van der Waals surface area contributed by atoms with Crippen molar-refractivity contribution in [1.29, 1.82) is 0 Å². The molecule has 2 unspecified atom stereocenters. The van der Waals surface area contributed by atoms with Crippen molar-refractivity contribution in [3.63, 3.8) is 0 Å². The number of carbonyl (C=O) groups is 1. The monoisotopic (exact) mass is 483 g/mol. The topological polar surface area (TPSA) is 84.0 Å². The molecule has 0 saturated carbocycles. The second-order valence-corrected chi connectivity index (χ2v) is 8.49. The number of rotatable bonds is 6. The highest BCUT2D eigenvalue weighted by Crippen LogP contribution is 2.43. The van der Waals surface area contributed by atoms with Crippen LogP contribution in [0.3, 0.4) is 0 Å². The predicted octanol–water partition coefficient (Wildman–Crippen LogP) is 5.01. The van der Waals surface area contributed by atoms with Crippen LogP contribution in [0.4, 0.5) is 19.0 Å². The highest BCUT2D eigenvalue weighted by molar-refractivity contribution is 5.93. The number of amides is 1. The number of nitrogens with zero attached hydrogens (tertiary/aromatic N) is 2. The third-order valence-corrected chi connectivity index (χ3v) is 6.30. The molecule has 3 heterocycles. The van der Waals surface area contributed by atoms with Gasteiger partial charge in [0, 0.05) is 36.1 Å². The highest BCUT2D eigenvalue weighted by atomic mass is 19.4. The van der Waals surface area contributed by atoms with Crippen molar-refractivity contribution in [2.75, 3.05) is 19.0 Å². The number of alkyl halides is 3. The first-order chi connectivity index (χ1) is 16.8. The van der Waals surface area contributed by atoms with Gasteiger partial charge in [-0.2, -0.15) is 18.3 Å². The summed E-state index contributed by atoms with van der Waals surface area (Å²) in [5.74, 6) is 0.255. The number of hydrogen-bond acceptors (Lipinski definition) is 4. The maximum absolute atomic E-state index is 13.9. The summed E-state index contributed by atoms with van der Waals surface area (Å²) in [6.07, 6.45) is -2.29. The van der Waals surface area contributed by atoms with Gasteiger partial charge in [-0.3, -0.25) is 4.79 Å². The first kappa shape index (κ1) is 22.8. The predicted molar refractivity (Wildman–Crippen MR) is 126 cm³/mol. The van der Waals surface area contributed by atoms with Crippen molar-refractivity contribution in [3.8, 4) is 5.75 Å². The van der Waals surface area contributed by atoms with Gasteiger partial charge in [0.05, 0.1) is 13.2 Å². The van der Waals surface area contributed by atoms with Gasteiger partial charge < -0.3 is 20.4 Å². The molecule has 1 aliphatic rings. The standard InChI is InChI=1S/C25H24F3N5O2/c1-35-17-8-6-15(7-9-17)20-12-22(25(26,27)28)33-23(31-20)13-21(32-33)24(34)29-11-10-16-14-30-19-5-3-2-4-18(16)19/h2-9,13-14,20,22,30-31H,10-12H2,1H3,(H,29,34). The number of benzene rings is 2. The summed E-state index contributed by atoms with van der Waals surface area (Å²) in [6, 6.07) is 13.6. The molecule has 0 spiro atoms. The summed E-state index contributed by atoms with van der Waals surface area (Å²) in [4.78, 5) is 15.9. The number of aromatic amines is 1. The third kappa shape index (κ3) is 4.55. The largest absolute Gasteiger partial charge is 0.497 e. The van der Waals surface area contributed by atoms with Crippen molar-refractivity contribution in [2.45, 2.75) is 31.1 Å². The normalized spacial score (nSPS) is 17.6. The van der Waals surface area contributed by atoms with Crippen molar-refractivity contribution in [2.24, 2.45) is 0 Å². The number of anilines is 1. The Labute approximate surface area is 199 Å². The maximum atomic E-state index is 13.9. The van der Waals surface area contributed by atoms with E-state index >= 15 is 0 Å². The minimum Gasteiger partial charge on any atom is -0.497 e. The molecule has 2 atom stereocenters. The van der Waals surface area contributed by atoms with Gasteiger partial charge in [0.1, 0.15) is 11.6 Å². The van der Waals surface area contributed by atoms with Crippen molar-refractivity contribution in [3.05, 3.63) is 77.6 Å². The lowest BCUT2D eigenvalue weighted by molar-refractivity contribution is -0.173. The fourth-order valence-corrected chi connectivity index (χ4v) is 4.48. The number of nitrogens with one attached hydrogen (secondary N) is 3. The molecule has 1 amide bonds. The van der Waals surface area contributed by atoms with E-state index in [0.717, 1.165) is 21.1 Å². The van der Waals surface area contributed by atoms with E-state index in [1.165, 1.54) is 13.2 Å². The van der Waals surface area contributed by atoms with Crippen LogP contribution < -0.4 is 15.4 Å². The van der Waals surface area contributed by atoms with E-state index in [9.17, 15) is 18.0 Å². The summed E-state index contributed by atoms with van der Waals surface area (Å²) < 4.78 is 47.7. The molecule has 10 heteroatoms. The van der Waals surface area contributed by atoms with Crippen LogP contribution in [0, 0.1) is 0 Å². The molecule has 4 aromatic rings. The Kier molecular flexibility index (Phi) is 5.88. The molecule has 1 aliphatic heterocycles. The van der Waals surface area contributed by atoms with Gasteiger partial charge in [-0.05, 0) is 35.7 Å². The Bertz CT molecular complexity index is 1340. The molecular formula is C25H24F3N5O2. The second kappa shape index (κ2) is 9.01. The summed E-state index contributed by atoms with van der Waals surface area (Å²) in [5.41, 5.74) is 2.69. The molecule has 2 aromatic carbocycles. The minimum atomic E-state index is -4.52. The summed E-state index contributed by atoms with van der Waals surface area (Å²) in [5, 5.41) is 11.0. The molecule has 3 N–H and O–H groups in total. The number of H-pyrrole nitrogens is 1. The van der Waals surface area contributed by atoms with E-state index in [4.69, 9.17) is 4.74 Å². The lowest BCUT2D eigenvalue weighted by Crippen LogP contribution is -2.35. The lowest BCUT2D eigenvalue weighted by Gasteiger charge is -2.33. The number of para-hydroxylation sites is 1. The van der Waals surface area contributed by atoms with Gasteiger partial charge in [-0.25, -0.2) is 4.68 Å². The zero-order valence-electron chi connectivity index (χ0n) is 18.9. The van der Waals surface area contributed by atoms with E-state index in [1.807, 2.05) is 30.5 Å². The van der Waals surface area contributed by atoms with Gasteiger partial charge in [-0.1, -0.05) is 30.3 Å². The van der Waals surface area contributed by atoms with Crippen LogP contribution in [0.15, 0.2) is 60.8 Å². The van der Waals surface area contributed by atoms with Gasteiger partial charge >= 0.3 is 6.18 Å². The van der Waals surface area contributed by atoms with Crippen LogP contribution in [0.1, 0.15) is 40.1 Å². The van der Waals surface area contributed by atoms with E-state index in [2.05, 4.69) is 20.7 Å². The molecule has 0 fully saturated rings. The number of ether oxygens (including phenoxy) is 1. The molecule has 5 rings (SSSR count). The molecule has 0 bridgehead atoms. The van der Waals surface area contributed by atoms with Crippen LogP contribution in [-0.2, 0) is 6.42 Å². The molecule has 0 saturated heterocycles. The fourth-order valence-electron chi connectivity index (χ4n) is 4.48. The first-order valence-corrected chi connectivity index (χ1v) is 11.2. The number of aromatic nitrogens is 3. The highest BCUT2D eigenvalue weighted by Gasteiger charge is 2.46. The summed E-state index contributed by atoms with van der Waals surface area (Å²) >= 11 is 0. The number of hydrogen-bond donors (Lipinski definition) is 3. The molecule has 0 radical (unpaired) electrons. The zero-order valence-corrected chi connectivity index (χ0v) is 18.9. The van der Waals surface area contributed by atoms with E-state index in [1.54, 1.807) is 24.3 Å². The SMILES string of the molecule is COc1ccc(C2CC(C(F)(F)F)n3nc(C(=O)NCCc4c[nH]c5ccccc45)cc3N2)cc1. The average Bonchev–Trinajstić information content (AvgIpc) is 3.47. The Hall–Kier alpha value is -3.95. The molecule has 0 aliphatic carbocycles. The first-order valence-electron chi connectivity index (χ1n) is 11.2. The van der Waals surface area contributed by atoms with Gasteiger partial charge in [0.15, 0.2) is 11.7 Å². The quantitative estimate of drug-likeness (QED) is 0.360. The Morgan fingerprint density at radius 1 is 1.20 bits per heavy atom. The number of carbonyl (C=O) groups excluding carboxylic acids is 1. The molecule has 35 heavy (non-hydrogen) atoms. The van der Waals surface area contributed by atoms with Gasteiger partial charge in [-0.15, -0.1) is 0 Å². The van der Waals surface area contributed by atoms with E-state index in [-0.39, 0.29) is 17.9 Å². The van der Waals surface area contributed by atoms with Crippen LogP contribution in [0.5, 0.6) is 5.75 Å². The number of methoxy groups -OCH3 is 1. The van der Waals surface area contributed by atoms with Crippen LogP contribution in [-0.4, -0.2) is 40.5 Å². The van der Waals surface area contributed by atoms with Crippen LogP contribution in [0.2, 0.25) is 0 Å².